The van der Waals surface area contributed by atoms with Crippen LogP contribution >= 0.6 is 11.8 Å². The summed E-state index contributed by atoms with van der Waals surface area (Å²) in [5.74, 6) is 0.159. The standard InChI is InChI=1S/C11H21NO4S/c1-3-11(16,4-2)7-17-6-5-9(10(14)15)12-8-13/h8-9,16H,3-7H2,1-2H3,(H,12,13)(H,14,15). The Morgan fingerprint density at radius 2 is 2.06 bits per heavy atom. The molecule has 5 nitrogen and oxygen atoms in total. The summed E-state index contributed by atoms with van der Waals surface area (Å²) in [4.78, 5) is 20.9. The number of carboxylic acids is 1. The van der Waals surface area contributed by atoms with Gasteiger partial charge in [-0.3, -0.25) is 4.79 Å². The van der Waals surface area contributed by atoms with E-state index in [1.165, 1.54) is 11.8 Å². The lowest BCUT2D eigenvalue weighted by atomic mass is 10.0. The highest BCUT2D eigenvalue weighted by Gasteiger charge is 2.22. The fourth-order valence-corrected chi connectivity index (χ4v) is 2.61. The fraction of sp³-hybridized carbons (Fsp3) is 0.818. The Hall–Kier alpha value is -0.750. The number of amides is 1. The van der Waals surface area contributed by atoms with Crippen LogP contribution in [-0.4, -0.2) is 45.7 Å². The van der Waals surface area contributed by atoms with E-state index in [1.54, 1.807) is 0 Å². The van der Waals surface area contributed by atoms with Crippen molar-refractivity contribution < 1.29 is 19.8 Å². The van der Waals surface area contributed by atoms with Crippen LogP contribution in [0.5, 0.6) is 0 Å². The first-order valence-corrected chi connectivity index (χ1v) is 6.87. The third-order valence-corrected chi connectivity index (χ3v) is 4.07. The van der Waals surface area contributed by atoms with Crippen molar-refractivity contribution in [2.45, 2.75) is 44.8 Å². The van der Waals surface area contributed by atoms with E-state index in [1.807, 2.05) is 13.8 Å². The Balaban J connectivity index is 3.89. The van der Waals surface area contributed by atoms with Crippen molar-refractivity contribution in [1.82, 2.24) is 5.32 Å². The minimum absolute atomic E-state index is 0.363. The van der Waals surface area contributed by atoms with Crippen LogP contribution in [0.25, 0.3) is 0 Å². The molecular formula is C11H21NO4S. The van der Waals surface area contributed by atoms with E-state index in [4.69, 9.17) is 5.11 Å². The number of hydrogen-bond acceptors (Lipinski definition) is 4. The Kier molecular flexibility index (Phi) is 7.99. The summed E-state index contributed by atoms with van der Waals surface area (Å²) >= 11 is 1.51. The molecule has 1 amide bonds. The van der Waals surface area contributed by atoms with Gasteiger partial charge >= 0.3 is 5.97 Å². The van der Waals surface area contributed by atoms with Gasteiger partial charge in [0.2, 0.25) is 6.41 Å². The molecule has 100 valence electrons. The van der Waals surface area contributed by atoms with Crippen molar-refractivity contribution in [1.29, 1.82) is 0 Å². The summed E-state index contributed by atoms with van der Waals surface area (Å²) < 4.78 is 0. The topological polar surface area (TPSA) is 86.6 Å². The lowest BCUT2D eigenvalue weighted by Crippen LogP contribution is -2.36. The zero-order valence-corrected chi connectivity index (χ0v) is 11.1. The molecule has 0 bridgehead atoms. The number of carbonyl (C=O) groups excluding carboxylic acids is 1. The number of carboxylic acid groups (broad SMARTS) is 1. The molecule has 0 saturated heterocycles. The van der Waals surface area contributed by atoms with Crippen molar-refractivity contribution in [3.8, 4) is 0 Å². The molecule has 0 radical (unpaired) electrons. The van der Waals surface area contributed by atoms with Gasteiger partial charge < -0.3 is 15.5 Å². The lowest BCUT2D eigenvalue weighted by Gasteiger charge is -2.24. The summed E-state index contributed by atoms with van der Waals surface area (Å²) in [5.41, 5.74) is -0.665. The summed E-state index contributed by atoms with van der Waals surface area (Å²) in [5, 5.41) is 21.0. The molecule has 0 aromatic rings. The molecular weight excluding hydrogens is 242 g/mol. The van der Waals surface area contributed by atoms with Crippen molar-refractivity contribution in [2.24, 2.45) is 0 Å². The van der Waals surface area contributed by atoms with Crippen molar-refractivity contribution >= 4 is 24.1 Å². The van der Waals surface area contributed by atoms with Crippen LogP contribution in [0.1, 0.15) is 33.1 Å². The highest BCUT2D eigenvalue weighted by Crippen LogP contribution is 2.21. The fourth-order valence-electron chi connectivity index (χ4n) is 1.28. The molecule has 0 heterocycles. The molecule has 0 fully saturated rings. The molecule has 0 spiro atoms. The molecule has 0 aliphatic heterocycles. The van der Waals surface area contributed by atoms with E-state index >= 15 is 0 Å². The predicted molar refractivity (Wildman–Crippen MR) is 68.1 cm³/mol. The number of hydrogen-bond donors (Lipinski definition) is 3. The number of thioether (sulfide) groups is 1. The van der Waals surface area contributed by atoms with E-state index in [0.717, 1.165) is 0 Å². The average Bonchev–Trinajstić information content (AvgIpc) is 2.32. The van der Waals surface area contributed by atoms with Crippen LogP contribution in [0.15, 0.2) is 0 Å². The van der Waals surface area contributed by atoms with E-state index in [-0.39, 0.29) is 0 Å². The van der Waals surface area contributed by atoms with Gasteiger partial charge in [-0.05, 0) is 25.0 Å². The van der Waals surface area contributed by atoms with Crippen LogP contribution < -0.4 is 5.32 Å². The monoisotopic (exact) mass is 263 g/mol. The van der Waals surface area contributed by atoms with E-state index in [0.29, 0.717) is 37.2 Å². The molecule has 3 N–H and O–H groups in total. The van der Waals surface area contributed by atoms with Gasteiger partial charge in [0.15, 0.2) is 0 Å². The second-order valence-electron chi connectivity index (χ2n) is 3.95. The molecule has 0 saturated carbocycles. The van der Waals surface area contributed by atoms with Gasteiger partial charge in [-0.15, -0.1) is 0 Å². The minimum Gasteiger partial charge on any atom is -0.480 e. The number of aliphatic hydroxyl groups is 1. The Morgan fingerprint density at radius 1 is 1.47 bits per heavy atom. The first-order chi connectivity index (χ1) is 7.99. The third-order valence-electron chi connectivity index (χ3n) is 2.81. The highest BCUT2D eigenvalue weighted by molar-refractivity contribution is 7.99. The number of carbonyl (C=O) groups is 2. The first kappa shape index (κ1) is 16.2. The van der Waals surface area contributed by atoms with Crippen LogP contribution in [0.3, 0.4) is 0 Å². The van der Waals surface area contributed by atoms with Gasteiger partial charge in [-0.2, -0.15) is 11.8 Å². The molecule has 0 aliphatic rings. The van der Waals surface area contributed by atoms with Crippen molar-refractivity contribution in [2.75, 3.05) is 11.5 Å². The van der Waals surface area contributed by atoms with Crippen molar-refractivity contribution in [3.05, 3.63) is 0 Å². The molecule has 1 atom stereocenters. The average molecular weight is 263 g/mol. The quantitative estimate of drug-likeness (QED) is 0.402. The van der Waals surface area contributed by atoms with E-state index < -0.39 is 17.6 Å². The van der Waals surface area contributed by atoms with Gasteiger partial charge in [0.05, 0.1) is 5.60 Å². The van der Waals surface area contributed by atoms with Crippen LogP contribution in [0, 0.1) is 0 Å². The molecule has 0 aliphatic carbocycles. The molecule has 6 heteroatoms. The largest absolute Gasteiger partial charge is 0.480 e. The van der Waals surface area contributed by atoms with Gasteiger partial charge in [-0.25, -0.2) is 4.79 Å². The molecule has 1 unspecified atom stereocenters. The second-order valence-corrected chi connectivity index (χ2v) is 5.05. The van der Waals surface area contributed by atoms with E-state index in [2.05, 4.69) is 5.32 Å². The predicted octanol–water partition coefficient (Wildman–Crippen LogP) is 0.860. The summed E-state index contributed by atoms with van der Waals surface area (Å²) in [7, 11) is 0. The Bertz CT molecular complexity index is 244. The maximum atomic E-state index is 10.7. The van der Waals surface area contributed by atoms with Crippen molar-refractivity contribution in [3.63, 3.8) is 0 Å². The van der Waals surface area contributed by atoms with Gasteiger partial charge in [0, 0.05) is 5.75 Å². The maximum absolute atomic E-state index is 10.7. The molecule has 0 aromatic carbocycles. The Labute approximate surface area is 106 Å². The minimum atomic E-state index is -1.03. The third kappa shape index (κ3) is 6.53. The summed E-state index contributed by atoms with van der Waals surface area (Å²) in [6.45, 7) is 3.86. The number of nitrogens with one attached hydrogen (secondary N) is 1. The van der Waals surface area contributed by atoms with Gasteiger partial charge in [0.25, 0.3) is 0 Å². The zero-order valence-electron chi connectivity index (χ0n) is 10.3. The highest BCUT2D eigenvalue weighted by atomic mass is 32.2. The molecule has 0 aromatic heterocycles. The Morgan fingerprint density at radius 3 is 2.47 bits per heavy atom. The number of aliphatic carboxylic acids is 1. The second kappa shape index (κ2) is 8.36. The van der Waals surface area contributed by atoms with Gasteiger partial charge in [0.1, 0.15) is 6.04 Å². The van der Waals surface area contributed by atoms with Crippen LogP contribution in [-0.2, 0) is 9.59 Å². The lowest BCUT2D eigenvalue weighted by molar-refractivity contribution is -0.140. The normalized spacial score (nSPS) is 13.1. The van der Waals surface area contributed by atoms with E-state index in [9.17, 15) is 14.7 Å². The molecule has 17 heavy (non-hydrogen) atoms. The first-order valence-electron chi connectivity index (χ1n) is 5.71. The smallest absolute Gasteiger partial charge is 0.326 e. The summed E-state index contributed by atoms with van der Waals surface area (Å²) in [6, 6.07) is -0.837. The number of rotatable bonds is 10. The van der Waals surface area contributed by atoms with Crippen LogP contribution in [0.4, 0.5) is 0 Å². The SMILES string of the molecule is CCC(O)(CC)CSCCC(NC=O)C(=O)O. The maximum Gasteiger partial charge on any atom is 0.326 e. The summed E-state index contributed by atoms with van der Waals surface area (Å²) in [6.07, 6.45) is 2.14. The van der Waals surface area contributed by atoms with Gasteiger partial charge in [-0.1, -0.05) is 13.8 Å². The van der Waals surface area contributed by atoms with Crippen LogP contribution in [0.2, 0.25) is 0 Å². The zero-order chi connectivity index (χ0) is 13.3. The molecule has 0 rings (SSSR count).